The van der Waals surface area contributed by atoms with Gasteiger partial charge in [0, 0.05) is 26.2 Å². The molecule has 2 fully saturated rings. The number of aliphatic imine (C=N–C) groups is 1. The lowest BCUT2D eigenvalue weighted by molar-refractivity contribution is 0.108. The van der Waals surface area contributed by atoms with Gasteiger partial charge in [-0.1, -0.05) is 30.3 Å². The van der Waals surface area contributed by atoms with Crippen LogP contribution in [0.3, 0.4) is 0 Å². The van der Waals surface area contributed by atoms with Gasteiger partial charge in [0.25, 0.3) is 0 Å². The van der Waals surface area contributed by atoms with Gasteiger partial charge in [0.15, 0.2) is 5.96 Å². The molecule has 0 unspecified atom stereocenters. The van der Waals surface area contributed by atoms with Crippen molar-refractivity contribution in [3.8, 4) is 0 Å². The first-order valence-corrected chi connectivity index (χ1v) is 8.96. The SMILES string of the molecule is CCNC(=NCC1(Cc2ccccc2)CC1)N1CCC(O)CC1.I. The van der Waals surface area contributed by atoms with E-state index in [0.717, 1.165) is 51.4 Å². The zero-order chi connectivity index (χ0) is 16.1. The summed E-state index contributed by atoms with van der Waals surface area (Å²) in [6.07, 6.45) is 5.25. The summed E-state index contributed by atoms with van der Waals surface area (Å²) in [7, 11) is 0. The Morgan fingerprint density at radius 2 is 1.92 bits per heavy atom. The maximum atomic E-state index is 9.68. The van der Waals surface area contributed by atoms with Crippen molar-refractivity contribution in [3.63, 3.8) is 0 Å². The molecule has 0 radical (unpaired) electrons. The molecule has 0 spiro atoms. The van der Waals surface area contributed by atoms with Crippen molar-refractivity contribution in [2.75, 3.05) is 26.2 Å². The van der Waals surface area contributed by atoms with Crippen LogP contribution in [0.2, 0.25) is 0 Å². The summed E-state index contributed by atoms with van der Waals surface area (Å²) >= 11 is 0. The van der Waals surface area contributed by atoms with E-state index >= 15 is 0 Å². The largest absolute Gasteiger partial charge is 0.393 e. The van der Waals surface area contributed by atoms with E-state index in [2.05, 4.69) is 47.5 Å². The second-order valence-electron chi connectivity index (χ2n) is 7.05. The number of rotatable bonds is 5. The fourth-order valence-electron chi connectivity index (χ4n) is 3.34. The Balaban J connectivity index is 0.00000208. The van der Waals surface area contributed by atoms with Crippen molar-refractivity contribution in [3.05, 3.63) is 35.9 Å². The second kappa shape index (κ2) is 9.04. The van der Waals surface area contributed by atoms with Gasteiger partial charge < -0.3 is 15.3 Å². The van der Waals surface area contributed by atoms with Crippen LogP contribution in [0, 0.1) is 5.41 Å². The Hall–Kier alpha value is -0.820. The summed E-state index contributed by atoms with van der Waals surface area (Å²) in [6, 6.07) is 10.8. The minimum absolute atomic E-state index is 0. The van der Waals surface area contributed by atoms with Crippen molar-refractivity contribution in [1.82, 2.24) is 10.2 Å². The van der Waals surface area contributed by atoms with Crippen LogP contribution in [-0.2, 0) is 6.42 Å². The standard InChI is InChI=1S/C19H29N3O.HI/c1-2-20-18(22-12-8-17(23)9-13-22)21-15-19(10-11-19)14-16-6-4-3-5-7-16;/h3-7,17,23H,2,8-15H2,1H3,(H,20,21);1H. The lowest BCUT2D eigenvalue weighted by Crippen LogP contribution is -2.46. The molecule has 1 aromatic rings. The Morgan fingerprint density at radius 3 is 2.50 bits per heavy atom. The number of nitrogens with zero attached hydrogens (tertiary/aromatic N) is 2. The molecule has 24 heavy (non-hydrogen) atoms. The number of nitrogens with one attached hydrogen (secondary N) is 1. The second-order valence-corrected chi connectivity index (χ2v) is 7.05. The van der Waals surface area contributed by atoms with Crippen LogP contribution in [0.25, 0.3) is 0 Å². The molecular formula is C19H30IN3O. The molecule has 0 aromatic heterocycles. The smallest absolute Gasteiger partial charge is 0.193 e. The van der Waals surface area contributed by atoms with Crippen molar-refractivity contribution < 1.29 is 5.11 Å². The molecule has 1 saturated carbocycles. The van der Waals surface area contributed by atoms with Gasteiger partial charge in [-0.25, -0.2) is 0 Å². The maximum Gasteiger partial charge on any atom is 0.193 e. The van der Waals surface area contributed by atoms with E-state index in [1.165, 1.54) is 18.4 Å². The number of hydrogen-bond acceptors (Lipinski definition) is 2. The summed E-state index contributed by atoms with van der Waals surface area (Å²) in [4.78, 5) is 7.24. The van der Waals surface area contributed by atoms with E-state index in [-0.39, 0.29) is 30.1 Å². The van der Waals surface area contributed by atoms with E-state index < -0.39 is 0 Å². The van der Waals surface area contributed by atoms with E-state index in [1.54, 1.807) is 0 Å². The number of halogens is 1. The lowest BCUT2D eigenvalue weighted by Gasteiger charge is -2.32. The summed E-state index contributed by atoms with van der Waals surface area (Å²) in [6.45, 7) is 5.72. The molecule has 1 saturated heterocycles. The van der Waals surface area contributed by atoms with Crippen molar-refractivity contribution >= 4 is 29.9 Å². The summed E-state index contributed by atoms with van der Waals surface area (Å²) in [5.41, 5.74) is 1.79. The quantitative estimate of drug-likeness (QED) is 0.418. The van der Waals surface area contributed by atoms with E-state index in [4.69, 9.17) is 4.99 Å². The molecule has 1 heterocycles. The zero-order valence-corrected chi connectivity index (χ0v) is 16.9. The van der Waals surface area contributed by atoms with Crippen LogP contribution in [0.5, 0.6) is 0 Å². The highest BCUT2D eigenvalue weighted by Crippen LogP contribution is 2.48. The van der Waals surface area contributed by atoms with Crippen LogP contribution in [0.4, 0.5) is 0 Å². The molecule has 3 rings (SSSR count). The molecule has 5 heteroatoms. The third kappa shape index (κ3) is 5.34. The Labute approximate surface area is 162 Å². The third-order valence-corrected chi connectivity index (χ3v) is 5.04. The lowest BCUT2D eigenvalue weighted by atomic mass is 9.97. The van der Waals surface area contributed by atoms with Gasteiger partial charge in [-0.05, 0) is 50.0 Å². The number of aliphatic hydroxyl groups is 1. The van der Waals surface area contributed by atoms with Crippen LogP contribution in [0.1, 0.15) is 38.2 Å². The van der Waals surface area contributed by atoms with E-state index in [0.29, 0.717) is 5.41 Å². The first-order valence-electron chi connectivity index (χ1n) is 8.96. The van der Waals surface area contributed by atoms with E-state index in [9.17, 15) is 5.11 Å². The molecule has 2 N–H and O–H groups in total. The minimum atomic E-state index is -0.137. The molecule has 0 amide bonds. The van der Waals surface area contributed by atoms with Crippen LogP contribution in [0.15, 0.2) is 35.3 Å². The third-order valence-electron chi connectivity index (χ3n) is 5.04. The van der Waals surface area contributed by atoms with E-state index in [1.807, 2.05) is 0 Å². The van der Waals surface area contributed by atoms with Gasteiger partial charge in [0.2, 0.25) is 0 Å². The average molecular weight is 443 g/mol. The minimum Gasteiger partial charge on any atom is -0.393 e. The molecule has 134 valence electrons. The highest BCUT2D eigenvalue weighted by Gasteiger charge is 2.42. The fourth-order valence-corrected chi connectivity index (χ4v) is 3.34. The van der Waals surface area contributed by atoms with Gasteiger partial charge in [0.1, 0.15) is 0 Å². The zero-order valence-electron chi connectivity index (χ0n) is 14.6. The molecule has 2 aliphatic rings. The maximum absolute atomic E-state index is 9.68. The van der Waals surface area contributed by atoms with Crippen molar-refractivity contribution in [2.45, 2.75) is 45.1 Å². The van der Waals surface area contributed by atoms with Gasteiger partial charge in [-0.2, -0.15) is 0 Å². The van der Waals surface area contributed by atoms with Gasteiger partial charge >= 0.3 is 0 Å². The van der Waals surface area contributed by atoms with Crippen LogP contribution < -0.4 is 5.32 Å². The van der Waals surface area contributed by atoms with Crippen LogP contribution >= 0.6 is 24.0 Å². The van der Waals surface area contributed by atoms with Crippen molar-refractivity contribution in [2.24, 2.45) is 10.4 Å². The van der Waals surface area contributed by atoms with Gasteiger partial charge in [-0.3, -0.25) is 4.99 Å². The highest BCUT2D eigenvalue weighted by atomic mass is 127. The number of guanidine groups is 1. The molecule has 1 aliphatic heterocycles. The number of piperidine rings is 1. The summed E-state index contributed by atoms with van der Waals surface area (Å²) in [5.74, 6) is 1.03. The number of hydrogen-bond donors (Lipinski definition) is 2. The molecule has 1 aliphatic carbocycles. The van der Waals surface area contributed by atoms with Crippen LogP contribution in [-0.4, -0.2) is 48.2 Å². The molecule has 0 atom stereocenters. The van der Waals surface area contributed by atoms with Crippen molar-refractivity contribution in [1.29, 1.82) is 0 Å². The summed E-state index contributed by atoms with van der Waals surface area (Å²) in [5, 5.41) is 13.1. The number of aliphatic hydroxyl groups excluding tert-OH is 1. The fraction of sp³-hybridized carbons (Fsp3) is 0.632. The summed E-state index contributed by atoms with van der Waals surface area (Å²) < 4.78 is 0. The molecule has 4 nitrogen and oxygen atoms in total. The number of benzene rings is 1. The van der Waals surface area contributed by atoms with Gasteiger partial charge in [-0.15, -0.1) is 24.0 Å². The monoisotopic (exact) mass is 443 g/mol. The highest BCUT2D eigenvalue weighted by molar-refractivity contribution is 14.0. The Morgan fingerprint density at radius 1 is 1.25 bits per heavy atom. The predicted octanol–water partition coefficient (Wildman–Crippen LogP) is 3.05. The Kier molecular flexibility index (Phi) is 7.34. The molecule has 0 bridgehead atoms. The predicted molar refractivity (Wildman–Crippen MR) is 110 cm³/mol. The number of likely N-dealkylation sites (tertiary alicyclic amines) is 1. The van der Waals surface area contributed by atoms with Gasteiger partial charge in [0.05, 0.1) is 6.10 Å². The first-order chi connectivity index (χ1) is 11.2. The Bertz CT molecular complexity index is 523. The molecule has 1 aromatic carbocycles. The average Bonchev–Trinajstić information content (AvgIpc) is 3.33. The molecular weight excluding hydrogens is 413 g/mol. The topological polar surface area (TPSA) is 47.9 Å². The normalized spacial score (nSPS) is 20.4. The first kappa shape index (κ1) is 19.5.